The predicted octanol–water partition coefficient (Wildman–Crippen LogP) is 5.59. The molecule has 2 N–H and O–H groups in total. The molecular formula is C36H38N8O6S3. The number of anilines is 1. The normalized spacial score (nSPS) is 17.3. The Labute approximate surface area is 318 Å². The van der Waals surface area contributed by atoms with E-state index in [4.69, 9.17) is 9.47 Å². The Hall–Kier alpha value is -5.00. The lowest BCUT2D eigenvalue weighted by atomic mass is 10.0. The minimum atomic E-state index is -0.912. The molecule has 0 bridgehead atoms. The van der Waals surface area contributed by atoms with Crippen LogP contribution < -0.4 is 10.6 Å². The van der Waals surface area contributed by atoms with Crippen LogP contribution in [0.5, 0.6) is 0 Å². The number of aryl methyl sites for hydroxylation is 1. The number of carbonyl (C=O) groups is 4. The lowest BCUT2D eigenvalue weighted by molar-refractivity contribution is -0.154. The summed E-state index contributed by atoms with van der Waals surface area (Å²) in [6.45, 7) is 7.14. The van der Waals surface area contributed by atoms with Gasteiger partial charge in [-0.1, -0.05) is 85.4 Å². The second-order valence-electron chi connectivity index (χ2n) is 13.0. The molecule has 2 aliphatic heterocycles. The monoisotopic (exact) mass is 774 g/mol. The number of carbonyl (C=O) groups excluding carboxylic acids is 4. The number of thiazole rings is 1. The number of tetrazole rings is 1. The second kappa shape index (κ2) is 16.3. The molecule has 0 unspecified atom stereocenters. The standard InChI is InChI=1S/C36H38N8O6S3/c1-6-13-24(25-20-52-33(37-25)39-35(48)50-36(2,3)4)29(45)38-26-30(46)44-27(23(18-51-31(26)44)19-53-34-40-41-42-43(34)5)32(47)49-28(21-14-9-7-10-15-21)22-16-11-8-12-17-22/h7-17,20,26,28,31H,6,18-19H2,1-5H3,(H,38,45)(H,37,39,48)/b24-13-/t26-,31-/m1/s1. The van der Waals surface area contributed by atoms with E-state index in [2.05, 4.69) is 31.1 Å². The number of rotatable bonds is 12. The molecule has 0 radical (unpaired) electrons. The van der Waals surface area contributed by atoms with Gasteiger partial charge in [0.1, 0.15) is 22.7 Å². The summed E-state index contributed by atoms with van der Waals surface area (Å²) in [6, 6.07) is 17.9. The number of esters is 1. The summed E-state index contributed by atoms with van der Waals surface area (Å²) in [6.07, 6.45) is 0.834. The molecule has 2 aliphatic rings. The van der Waals surface area contributed by atoms with Crippen molar-refractivity contribution in [3.05, 3.63) is 100 Å². The Morgan fingerprint density at radius 1 is 1.08 bits per heavy atom. The van der Waals surface area contributed by atoms with Crippen molar-refractivity contribution in [3.8, 4) is 0 Å². The van der Waals surface area contributed by atoms with Gasteiger partial charge in [0.05, 0.1) is 11.3 Å². The first-order chi connectivity index (χ1) is 25.4. The van der Waals surface area contributed by atoms with Gasteiger partial charge in [0.25, 0.3) is 11.8 Å². The number of nitrogens with one attached hydrogen (secondary N) is 2. The maximum absolute atomic E-state index is 14.3. The van der Waals surface area contributed by atoms with Gasteiger partial charge in [0.2, 0.25) is 5.16 Å². The molecule has 2 aromatic heterocycles. The number of amides is 3. The fraction of sp³-hybridized carbons (Fsp3) is 0.333. The number of hydrogen-bond donors (Lipinski definition) is 2. The third kappa shape index (κ3) is 8.80. The number of allylic oxidation sites excluding steroid dienone is 1. The van der Waals surface area contributed by atoms with Gasteiger partial charge in [-0.15, -0.1) is 28.2 Å². The quantitative estimate of drug-likeness (QED) is 0.0794. The van der Waals surface area contributed by atoms with E-state index >= 15 is 0 Å². The largest absolute Gasteiger partial charge is 0.448 e. The molecule has 14 nitrogen and oxygen atoms in total. The first-order valence-corrected chi connectivity index (χ1v) is 19.6. The van der Waals surface area contributed by atoms with Crippen molar-refractivity contribution >= 4 is 69.4 Å². The van der Waals surface area contributed by atoms with E-state index in [0.29, 0.717) is 34.3 Å². The number of ether oxygens (including phenoxy) is 2. The zero-order chi connectivity index (χ0) is 37.7. The molecule has 2 aromatic carbocycles. The Kier molecular flexibility index (Phi) is 11.6. The molecule has 276 valence electrons. The lowest BCUT2D eigenvalue weighted by Gasteiger charge is -2.50. The molecule has 2 atom stereocenters. The van der Waals surface area contributed by atoms with Gasteiger partial charge in [-0.25, -0.2) is 19.3 Å². The summed E-state index contributed by atoms with van der Waals surface area (Å²) in [5, 5.41) is 19.0. The van der Waals surface area contributed by atoms with E-state index < -0.39 is 47.0 Å². The van der Waals surface area contributed by atoms with Crippen LogP contribution in [-0.4, -0.2) is 82.5 Å². The molecule has 4 aromatic rings. The van der Waals surface area contributed by atoms with E-state index in [1.54, 1.807) is 39.3 Å². The molecule has 0 aliphatic carbocycles. The molecule has 17 heteroatoms. The van der Waals surface area contributed by atoms with Crippen LogP contribution in [-0.2, 0) is 30.9 Å². The van der Waals surface area contributed by atoms with Gasteiger partial charge >= 0.3 is 12.1 Å². The number of nitrogens with zero attached hydrogens (tertiary/aromatic N) is 6. The molecular weight excluding hydrogens is 737 g/mol. The predicted molar refractivity (Wildman–Crippen MR) is 203 cm³/mol. The Morgan fingerprint density at radius 2 is 1.75 bits per heavy atom. The Morgan fingerprint density at radius 3 is 2.36 bits per heavy atom. The third-order valence-corrected chi connectivity index (χ3v) is 11.1. The average molecular weight is 775 g/mol. The van der Waals surface area contributed by atoms with Crippen LogP contribution in [0.3, 0.4) is 0 Å². The molecule has 1 fully saturated rings. The fourth-order valence-corrected chi connectivity index (χ4v) is 8.64. The smallest absolute Gasteiger partial charge is 0.413 e. The summed E-state index contributed by atoms with van der Waals surface area (Å²) in [5.74, 6) is -0.876. The molecule has 0 spiro atoms. The van der Waals surface area contributed by atoms with Crippen molar-refractivity contribution in [1.82, 2.24) is 35.4 Å². The Balaban J connectivity index is 1.23. The maximum Gasteiger partial charge on any atom is 0.413 e. The molecule has 6 rings (SSSR count). The third-order valence-electron chi connectivity index (χ3n) is 7.95. The first kappa shape index (κ1) is 37.7. The average Bonchev–Trinajstić information content (AvgIpc) is 3.78. The second-order valence-corrected chi connectivity index (χ2v) is 15.9. The highest BCUT2D eigenvalue weighted by Crippen LogP contribution is 2.43. The van der Waals surface area contributed by atoms with Crippen molar-refractivity contribution in [3.63, 3.8) is 0 Å². The summed E-state index contributed by atoms with van der Waals surface area (Å²) in [7, 11) is 1.72. The van der Waals surface area contributed by atoms with E-state index in [1.807, 2.05) is 67.6 Å². The van der Waals surface area contributed by atoms with Crippen LogP contribution >= 0.6 is 34.9 Å². The van der Waals surface area contributed by atoms with Crippen LogP contribution in [0.25, 0.3) is 5.57 Å². The van der Waals surface area contributed by atoms with Crippen LogP contribution in [0.4, 0.5) is 9.93 Å². The van der Waals surface area contributed by atoms with Crippen LogP contribution in [0, 0.1) is 0 Å². The highest BCUT2D eigenvalue weighted by atomic mass is 32.2. The van der Waals surface area contributed by atoms with Gasteiger partial charge in [0, 0.05) is 23.9 Å². The number of aromatic nitrogens is 5. The fourth-order valence-electron chi connectivity index (χ4n) is 5.61. The molecule has 53 heavy (non-hydrogen) atoms. The zero-order valence-corrected chi connectivity index (χ0v) is 32.1. The van der Waals surface area contributed by atoms with E-state index in [-0.39, 0.29) is 16.4 Å². The minimum Gasteiger partial charge on any atom is -0.448 e. The van der Waals surface area contributed by atoms with E-state index in [0.717, 1.165) is 22.5 Å². The highest BCUT2D eigenvalue weighted by molar-refractivity contribution is 8.01. The van der Waals surface area contributed by atoms with Gasteiger partial charge in [0.15, 0.2) is 11.2 Å². The molecule has 0 saturated carbocycles. The SMILES string of the molecule is CC/C=C(\C(=O)N[C@@H]1C(=O)N2C(C(=O)OC(c3ccccc3)c3ccccc3)=C(CSc3nnnn3C)CS[C@H]12)c1csc(NC(=O)OC(C)(C)C)n1. The lowest BCUT2D eigenvalue weighted by Crippen LogP contribution is -2.70. The topological polar surface area (TPSA) is 171 Å². The van der Waals surface area contributed by atoms with Crippen LogP contribution in [0.1, 0.15) is 57.0 Å². The Bertz CT molecular complexity index is 2000. The first-order valence-electron chi connectivity index (χ1n) is 16.7. The van der Waals surface area contributed by atoms with Crippen molar-refractivity contribution < 1.29 is 28.7 Å². The zero-order valence-electron chi connectivity index (χ0n) is 29.6. The van der Waals surface area contributed by atoms with Gasteiger partial charge in [-0.3, -0.25) is 19.8 Å². The number of hydrogen-bond acceptors (Lipinski definition) is 13. The van der Waals surface area contributed by atoms with Crippen molar-refractivity contribution in [2.24, 2.45) is 7.05 Å². The number of fused-ring (bicyclic) bond motifs is 1. The number of thioether (sulfide) groups is 2. The summed E-state index contributed by atoms with van der Waals surface area (Å²) in [5.41, 5.74) is 2.28. The maximum atomic E-state index is 14.3. The van der Waals surface area contributed by atoms with Gasteiger partial charge in [-0.2, -0.15) is 0 Å². The molecule has 1 saturated heterocycles. The van der Waals surface area contributed by atoms with E-state index in [1.165, 1.54) is 33.1 Å². The summed E-state index contributed by atoms with van der Waals surface area (Å²) >= 11 is 3.93. The summed E-state index contributed by atoms with van der Waals surface area (Å²) < 4.78 is 13.1. The molecule has 4 heterocycles. The van der Waals surface area contributed by atoms with E-state index in [9.17, 15) is 19.2 Å². The van der Waals surface area contributed by atoms with Gasteiger partial charge < -0.3 is 14.8 Å². The van der Waals surface area contributed by atoms with Crippen molar-refractivity contribution in [2.45, 2.75) is 62.4 Å². The number of β-lactam (4-membered cyclic amide) rings is 1. The van der Waals surface area contributed by atoms with Crippen LogP contribution in [0.2, 0.25) is 0 Å². The highest BCUT2D eigenvalue weighted by Gasteiger charge is 2.55. The minimum absolute atomic E-state index is 0.144. The van der Waals surface area contributed by atoms with Crippen molar-refractivity contribution in [1.29, 1.82) is 0 Å². The van der Waals surface area contributed by atoms with Crippen molar-refractivity contribution in [2.75, 3.05) is 16.8 Å². The molecule has 3 amide bonds. The summed E-state index contributed by atoms with van der Waals surface area (Å²) in [4.78, 5) is 60.2. The van der Waals surface area contributed by atoms with Crippen LogP contribution in [0.15, 0.2) is 88.5 Å². The van der Waals surface area contributed by atoms with Gasteiger partial charge in [-0.05, 0) is 54.3 Å². The number of benzene rings is 2.